The molecule has 3 nitrogen and oxygen atoms in total. The lowest BCUT2D eigenvalue weighted by Gasteiger charge is -2.19. The highest BCUT2D eigenvalue weighted by Gasteiger charge is 2.38. The highest BCUT2D eigenvalue weighted by molar-refractivity contribution is 5.90. The fourth-order valence-corrected chi connectivity index (χ4v) is 3.75. The van der Waals surface area contributed by atoms with Crippen molar-refractivity contribution in [3.8, 4) is 11.3 Å². The molecule has 6 heteroatoms. The number of benzene rings is 1. The van der Waals surface area contributed by atoms with Gasteiger partial charge in [-0.2, -0.15) is 13.2 Å². The number of hydrogen-bond donors (Lipinski definition) is 0. The van der Waals surface area contributed by atoms with Crippen LogP contribution in [0.2, 0.25) is 0 Å². The summed E-state index contributed by atoms with van der Waals surface area (Å²) in [7, 11) is 0. The fraction of sp³-hybridized carbons (Fsp3) is 0.556. The Kier molecular flexibility index (Phi) is 11.4. The van der Waals surface area contributed by atoms with Gasteiger partial charge in [-0.1, -0.05) is 70.6 Å². The van der Waals surface area contributed by atoms with E-state index in [4.69, 9.17) is 4.74 Å². The van der Waals surface area contributed by atoms with Gasteiger partial charge in [0.25, 0.3) is 0 Å². The van der Waals surface area contributed by atoms with Crippen molar-refractivity contribution < 1.29 is 22.7 Å². The van der Waals surface area contributed by atoms with Gasteiger partial charge < -0.3 is 4.74 Å². The third kappa shape index (κ3) is 9.56. The zero-order valence-corrected chi connectivity index (χ0v) is 19.8. The number of esters is 1. The van der Waals surface area contributed by atoms with Gasteiger partial charge in [0.2, 0.25) is 0 Å². The Balaban J connectivity index is 1.84. The van der Waals surface area contributed by atoms with E-state index in [1.54, 1.807) is 24.3 Å². The van der Waals surface area contributed by atoms with Crippen LogP contribution in [-0.4, -0.2) is 23.7 Å². The van der Waals surface area contributed by atoms with Gasteiger partial charge in [0, 0.05) is 11.8 Å². The van der Waals surface area contributed by atoms with Gasteiger partial charge in [-0.3, -0.25) is 4.98 Å². The van der Waals surface area contributed by atoms with E-state index in [1.807, 2.05) is 19.2 Å². The molecule has 1 aromatic carbocycles. The molecule has 0 radical (unpaired) electrons. The molecule has 0 saturated heterocycles. The lowest BCUT2D eigenvalue weighted by molar-refractivity contribution is -0.180. The smallest absolute Gasteiger partial charge is 0.391 e. The van der Waals surface area contributed by atoms with Gasteiger partial charge in [-0.15, -0.1) is 0 Å². The van der Waals surface area contributed by atoms with Crippen LogP contribution in [0, 0.1) is 5.92 Å². The van der Waals surface area contributed by atoms with Crippen molar-refractivity contribution in [3.63, 3.8) is 0 Å². The minimum absolute atomic E-state index is 0.0664. The summed E-state index contributed by atoms with van der Waals surface area (Å²) in [5.41, 5.74) is 3.22. The third-order valence-electron chi connectivity index (χ3n) is 5.88. The van der Waals surface area contributed by atoms with Crippen LogP contribution in [0.3, 0.4) is 0 Å². The van der Waals surface area contributed by atoms with Crippen LogP contribution in [0.15, 0.2) is 42.6 Å². The Morgan fingerprint density at radius 1 is 0.909 bits per heavy atom. The molecule has 1 aromatic heterocycles. The molecule has 1 unspecified atom stereocenters. The van der Waals surface area contributed by atoms with Crippen molar-refractivity contribution in [3.05, 3.63) is 53.7 Å². The van der Waals surface area contributed by atoms with Crippen LogP contribution in [0.4, 0.5) is 13.2 Å². The second-order valence-corrected chi connectivity index (χ2v) is 8.60. The Morgan fingerprint density at radius 2 is 1.61 bits per heavy atom. The number of unbranched alkanes of at least 4 members (excludes halogenated alkanes) is 5. The molecule has 0 bridgehead atoms. The standard InChI is InChI=1S/C27H36F3NO2/c1-3-5-7-8-9-10-21-12-17-25(31-20-21)22-13-15-23(16-14-22)26(32)33-19-18-24(11-6-4-2)27(28,29)30/h12-17,20,24H,3-11,18-19H2,1-2H3. The van der Waals surface area contributed by atoms with E-state index in [0.717, 1.165) is 17.7 Å². The summed E-state index contributed by atoms with van der Waals surface area (Å²) < 4.78 is 44.3. The van der Waals surface area contributed by atoms with E-state index < -0.39 is 18.1 Å². The molecule has 0 aliphatic rings. The van der Waals surface area contributed by atoms with Gasteiger partial charge >= 0.3 is 12.1 Å². The Bertz CT molecular complexity index is 817. The Morgan fingerprint density at radius 3 is 2.21 bits per heavy atom. The highest BCUT2D eigenvalue weighted by Crippen LogP contribution is 2.32. The van der Waals surface area contributed by atoms with Gasteiger partial charge in [-0.25, -0.2) is 4.79 Å². The summed E-state index contributed by atoms with van der Waals surface area (Å²) >= 11 is 0. The van der Waals surface area contributed by atoms with Crippen molar-refractivity contribution in [2.75, 3.05) is 6.61 Å². The van der Waals surface area contributed by atoms with Crippen LogP contribution in [0.25, 0.3) is 11.3 Å². The number of aryl methyl sites for hydroxylation is 1. The Labute approximate surface area is 195 Å². The predicted octanol–water partition coefficient (Wildman–Crippen LogP) is 8.18. The maximum Gasteiger partial charge on any atom is 0.391 e. The number of rotatable bonds is 14. The molecule has 2 aromatic rings. The first-order valence-corrected chi connectivity index (χ1v) is 12.1. The molecule has 0 aliphatic carbocycles. The fourth-order valence-electron chi connectivity index (χ4n) is 3.75. The first-order chi connectivity index (χ1) is 15.8. The van der Waals surface area contributed by atoms with Crippen LogP contribution in [-0.2, 0) is 11.2 Å². The van der Waals surface area contributed by atoms with Crippen LogP contribution in [0.5, 0.6) is 0 Å². The van der Waals surface area contributed by atoms with Gasteiger partial charge in [0.15, 0.2) is 0 Å². The lowest BCUT2D eigenvalue weighted by atomic mass is 9.98. The molecular weight excluding hydrogens is 427 g/mol. The SMILES string of the molecule is CCCCCCCc1ccc(-c2ccc(C(=O)OCCC(CCCC)C(F)(F)F)cc2)nc1. The van der Waals surface area contributed by atoms with Crippen molar-refractivity contribution in [2.45, 2.75) is 84.2 Å². The summed E-state index contributed by atoms with van der Waals surface area (Å²) in [6.45, 7) is 3.83. The molecule has 0 aliphatic heterocycles. The molecule has 182 valence electrons. The zero-order chi connectivity index (χ0) is 24.1. The second kappa shape index (κ2) is 14.0. The largest absolute Gasteiger partial charge is 0.462 e. The molecular formula is C27H36F3NO2. The van der Waals surface area contributed by atoms with Gasteiger partial charge in [0.1, 0.15) is 0 Å². The molecule has 1 atom stereocenters. The highest BCUT2D eigenvalue weighted by atomic mass is 19.4. The first-order valence-electron chi connectivity index (χ1n) is 12.1. The summed E-state index contributed by atoms with van der Waals surface area (Å²) in [5.74, 6) is -2.04. The average Bonchev–Trinajstić information content (AvgIpc) is 2.80. The second-order valence-electron chi connectivity index (χ2n) is 8.60. The maximum absolute atomic E-state index is 13.1. The lowest BCUT2D eigenvalue weighted by Crippen LogP contribution is -2.25. The number of pyridine rings is 1. The number of hydrogen-bond acceptors (Lipinski definition) is 3. The zero-order valence-electron chi connectivity index (χ0n) is 19.8. The molecule has 0 N–H and O–H groups in total. The number of ether oxygens (including phenoxy) is 1. The number of aromatic nitrogens is 1. The topological polar surface area (TPSA) is 39.2 Å². The number of alkyl halides is 3. The minimum atomic E-state index is -4.26. The molecule has 0 saturated carbocycles. The number of nitrogens with zero attached hydrogens (tertiary/aromatic N) is 1. The summed E-state index contributed by atoms with van der Waals surface area (Å²) in [6.07, 6.45) is 5.94. The molecule has 0 fully saturated rings. The van der Waals surface area contributed by atoms with E-state index in [1.165, 1.54) is 37.7 Å². The summed E-state index contributed by atoms with van der Waals surface area (Å²) in [5, 5.41) is 0. The van der Waals surface area contributed by atoms with E-state index in [-0.39, 0.29) is 19.4 Å². The summed E-state index contributed by atoms with van der Waals surface area (Å²) in [4.78, 5) is 16.8. The minimum Gasteiger partial charge on any atom is -0.462 e. The van der Waals surface area contributed by atoms with E-state index in [0.29, 0.717) is 18.4 Å². The molecule has 0 amide bonds. The van der Waals surface area contributed by atoms with E-state index in [9.17, 15) is 18.0 Å². The normalized spacial score (nSPS) is 12.5. The summed E-state index contributed by atoms with van der Waals surface area (Å²) in [6, 6.07) is 10.9. The maximum atomic E-state index is 13.1. The van der Waals surface area contributed by atoms with Crippen molar-refractivity contribution >= 4 is 5.97 Å². The number of halogens is 3. The van der Waals surface area contributed by atoms with Crippen molar-refractivity contribution in [1.29, 1.82) is 0 Å². The van der Waals surface area contributed by atoms with E-state index in [2.05, 4.69) is 18.0 Å². The van der Waals surface area contributed by atoms with Crippen LogP contribution < -0.4 is 0 Å². The first kappa shape index (κ1) is 26.9. The van der Waals surface area contributed by atoms with Crippen molar-refractivity contribution in [1.82, 2.24) is 4.98 Å². The molecule has 1 heterocycles. The van der Waals surface area contributed by atoms with E-state index >= 15 is 0 Å². The van der Waals surface area contributed by atoms with Crippen LogP contribution in [0.1, 0.15) is 87.6 Å². The molecule has 0 spiro atoms. The van der Waals surface area contributed by atoms with Crippen molar-refractivity contribution in [2.24, 2.45) is 5.92 Å². The quantitative estimate of drug-likeness (QED) is 0.209. The monoisotopic (exact) mass is 463 g/mol. The van der Waals surface area contributed by atoms with Gasteiger partial charge in [-0.05, 0) is 49.4 Å². The predicted molar refractivity (Wildman–Crippen MR) is 126 cm³/mol. The molecule has 2 rings (SSSR count). The molecule has 33 heavy (non-hydrogen) atoms. The number of carbonyl (C=O) groups is 1. The number of carbonyl (C=O) groups excluding carboxylic acids is 1. The Hall–Kier alpha value is -2.37. The van der Waals surface area contributed by atoms with Gasteiger partial charge in [0.05, 0.1) is 23.8 Å². The van der Waals surface area contributed by atoms with Crippen LogP contribution >= 0.6 is 0 Å². The average molecular weight is 464 g/mol. The third-order valence-corrected chi connectivity index (χ3v) is 5.88.